The Kier molecular flexibility index (Phi) is 4.94. The predicted octanol–water partition coefficient (Wildman–Crippen LogP) is 3.90. The monoisotopic (exact) mass is 198 g/mol. The van der Waals surface area contributed by atoms with Gasteiger partial charge in [0.2, 0.25) is 0 Å². The minimum atomic E-state index is -0.299. The molecule has 84 valence electrons. The molecule has 0 heterocycles. The zero-order valence-electron chi connectivity index (χ0n) is 9.89. The number of unbranched alkanes of at least 4 members (excludes halogenated alkanes) is 3. The lowest BCUT2D eigenvalue weighted by Gasteiger charge is -2.28. The zero-order valence-corrected chi connectivity index (χ0v) is 9.89. The summed E-state index contributed by atoms with van der Waals surface area (Å²) in [6, 6.07) is 0. The van der Waals surface area contributed by atoms with Crippen LogP contribution in [0, 0.1) is 5.92 Å². The standard InChI is InChI=1S/C13H26O/c1-3-5-6-7-9-12-10-8-11-13(12,14)4-2/h12,14H,3-11H2,1-2H3. The molecule has 0 radical (unpaired) electrons. The predicted molar refractivity (Wildman–Crippen MR) is 61.3 cm³/mol. The van der Waals surface area contributed by atoms with Gasteiger partial charge in [-0.25, -0.2) is 0 Å². The van der Waals surface area contributed by atoms with Crippen LogP contribution in [0.1, 0.15) is 71.6 Å². The molecule has 1 aliphatic carbocycles. The summed E-state index contributed by atoms with van der Waals surface area (Å²) >= 11 is 0. The smallest absolute Gasteiger partial charge is 0.0673 e. The fourth-order valence-electron chi connectivity index (χ4n) is 2.82. The van der Waals surface area contributed by atoms with E-state index in [0.29, 0.717) is 5.92 Å². The summed E-state index contributed by atoms with van der Waals surface area (Å²) in [7, 11) is 0. The molecule has 1 saturated carbocycles. The number of hydrogen-bond acceptors (Lipinski definition) is 1. The maximum Gasteiger partial charge on any atom is 0.0673 e. The molecule has 14 heavy (non-hydrogen) atoms. The lowest BCUT2D eigenvalue weighted by Crippen LogP contribution is -2.32. The highest BCUT2D eigenvalue weighted by Crippen LogP contribution is 2.40. The molecule has 0 aromatic carbocycles. The average molecular weight is 198 g/mol. The maximum absolute atomic E-state index is 10.3. The molecule has 0 bridgehead atoms. The van der Waals surface area contributed by atoms with E-state index in [1.807, 2.05) is 0 Å². The highest BCUT2D eigenvalue weighted by Gasteiger charge is 2.38. The summed E-state index contributed by atoms with van der Waals surface area (Å²) in [4.78, 5) is 0. The summed E-state index contributed by atoms with van der Waals surface area (Å²) in [5.74, 6) is 0.601. The van der Waals surface area contributed by atoms with Crippen molar-refractivity contribution in [3.63, 3.8) is 0 Å². The molecule has 1 rings (SSSR count). The first kappa shape index (κ1) is 12.0. The van der Waals surface area contributed by atoms with Crippen molar-refractivity contribution in [2.45, 2.75) is 77.2 Å². The van der Waals surface area contributed by atoms with Crippen LogP contribution in [0.25, 0.3) is 0 Å². The molecule has 1 N–H and O–H groups in total. The molecule has 0 spiro atoms. The van der Waals surface area contributed by atoms with Gasteiger partial charge in [-0.05, 0) is 31.6 Å². The van der Waals surface area contributed by atoms with Crippen LogP contribution in [-0.4, -0.2) is 10.7 Å². The lowest BCUT2D eigenvalue weighted by atomic mass is 9.84. The van der Waals surface area contributed by atoms with Gasteiger partial charge in [0, 0.05) is 0 Å². The van der Waals surface area contributed by atoms with E-state index in [1.165, 1.54) is 44.9 Å². The molecule has 0 aliphatic heterocycles. The Morgan fingerprint density at radius 3 is 2.64 bits per heavy atom. The van der Waals surface area contributed by atoms with Gasteiger partial charge in [0.1, 0.15) is 0 Å². The Morgan fingerprint density at radius 2 is 2.00 bits per heavy atom. The second-order valence-electron chi connectivity index (χ2n) is 4.90. The number of aliphatic hydroxyl groups is 1. The Labute approximate surface area is 88.9 Å². The third-order valence-corrected chi connectivity index (χ3v) is 3.94. The first-order valence-electron chi connectivity index (χ1n) is 6.45. The molecule has 0 aromatic heterocycles. The van der Waals surface area contributed by atoms with E-state index in [-0.39, 0.29) is 5.60 Å². The summed E-state index contributed by atoms with van der Waals surface area (Å²) in [5.41, 5.74) is -0.299. The van der Waals surface area contributed by atoms with E-state index >= 15 is 0 Å². The topological polar surface area (TPSA) is 20.2 Å². The Bertz CT molecular complexity index is 155. The largest absolute Gasteiger partial charge is 0.390 e. The lowest BCUT2D eigenvalue weighted by molar-refractivity contribution is -0.00501. The van der Waals surface area contributed by atoms with Crippen LogP contribution in [0.2, 0.25) is 0 Å². The summed E-state index contributed by atoms with van der Waals surface area (Å²) < 4.78 is 0. The normalized spacial score (nSPS) is 32.4. The van der Waals surface area contributed by atoms with E-state index in [9.17, 15) is 5.11 Å². The van der Waals surface area contributed by atoms with Gasteiger partial charge in [-0.2, -0.15) is 0 Å². The van der Waals surface area contributed by atoms with Gasteiger partial charge < -0.3 is 5.11 Å². The maximum atomic E-state index is 10.3. The van der Waals surface area contributed by atoms with Crippen molar-refractivity contribution >= 4 is 0 Å². The molecule has 0 saturated heterocycles. The van der Waals surface area contributed by atoms with Gasteiger partial charge in [0.25, 0.3) is 0 Å². The Morgan fingerprint density at radius 1 is 1.21 bits per heavy atom. The van der Waals surface area contributed by atoms with Gasteiger partial charge in [0.15, 0.2) is 0 Å². The third kappa shape index (κ3) is 2.98. The summed E-state index contributed by atoms with van der Waals surface area (Å²) in [5, 5.41) is 10.3. The minimum Gasteiger partial charge on any atom is -0.390 e. The Balaban J connectivity index is 2.22. The van der Waals surface area contributed by atoms with E-state index < -0.39 is 0 Å². The van der Waals surface area contributed by atoms with Crippen LogP contribution in [0.5, 0.6) is 0 Å². The van der Waals surface area contributed by atoms with Crippen molar-refractivity contribution in [3.8, 4) is 0 Å². The van der Waals surface area contributed by atoms with E-state index in [2.05, 4.69) is 13.8 Å². The fourth-order valence-corrected chi connectivity index (χ4v) is 2.82. The molecule has 0 amide bonds. The molecule has 0 aromatic rings. The number of hydrogen-bond donors (Lipinski definition) is 1. The van der Waals surface area contributed by atoms with Gasteiger partial charge >= 0.3 is 0 Å². The van der Waals surface area contributed by atoms with Gasteiger partial charge in [-0.15, -0.1) is 0 Å². The van der Waals surface area contributed by atoms with Crippen molar-refractivity contribution in [2.24, 2.45) is 5.92 Å². The van der Waals surface area contributed by atoms with Crippen LogP contribution in [-0.2, 0) is 0 Å². The van der Waals surface area contributed by atoms with Crippen molar-refractivity contribution < 1.29 is 5.11 Å². The van der Waals surface area contributed by atoms with Crippen molar-refractivity contribution in [3.05, 3.63) is 0 Å². The molecular formula is C13H26O. The molecular weight excluding hydrogens is 172 g/mol. The highest BCUT2D eigenvalue weighted by molar-refractivity contribution is 4.90. The summed E-state index contributed by atoms with van der Waals surface area (Å²) in [6.45, 7) is 4.38. The molecule has 1 nitrogen and oxygen atoms in total. The summed E-state index contributed by atoms with van der Waals surface area (Å²) in [6.07, 6.45) is 11.1. The fraction of sp³-hybridized carbons (Fsp3) is 1.00. The van der Waals surface area contributed by atoms with Gasteiger partial charge in [0.05, 0.1) is 5.60 Å². The molecule has 1 aliphatic rings. The van der Waals surface area contributed by atoms with Gasteiger partial charge in [-0.3, -0.25) is 0 Å². The molecule has 1 fully saturated rings. The first-order valence-corrected chi connectivity index (χ1v) is 6.45. The first-order chi connectivity index (χ1) is 6.73. The van der Waals surface area contributed by atoms with E-state index in [1.54, 1.807) is 0 Å². The van der Waals surface area contributed by atoms with E-state index in [4.69, 9.17) is 0 Å². The van der Waals surface area contributed by atoms with Crippen molar-refractivity contribution in [1.29, 1.82) is 0 Å². The SMILES string of the molecule is CCCCCCC1CCCC1(O)CC. The van der Waals surface area contributed by atoms with Crippen LogP contribution in [0.4, 0.5) is 0 Å². The minimum absolute atomic E-state index is 0.299. The molecule has 1 heteroatoms. The van der Waals surface area contributed by atoms with Crippen molar-refractivity contribution in [2.75, 3.05) is 0 Å². The van der Waals surface area contributed by atoms with Crippen LogP contribution in [0.15, 0.2) is 0 Å². The van der Waals surface area contributed by atoms with Crippen molar-refractivity contribution in [1.82, 2.24) is 0 Å². The van der Waals surface area contributed by atoms with E-state index in [0.717, 1.165) is 12.8 Å². The van der Waals surface area contributed by atoms with Crippen LogP contribution >= 0.6 is 0 Å². The Hall–Kier alpha value is -0.0400. The average Bonchev–Trinajstić information content (AvgIpc) is 2.56. The van der Waals surface area contributed by atoms with Gasteiger partial charge in [-0.1, -0.05) is 46.0 Å². The van der Waals surface area contributed by atoms with Crippen LogP contribution < -0.4 is 0 Å². The highest BCUT2D eigenvalue weighted by atomic mass is 16.3. The second kappa shape index (κ2) is 5.75. The zero-order chi connectivity index (χ0) is 10.4. The molecule has 2 atom stereocenters. The molecule has 2 unspecified atom stereocenters. The third-order valence-electron chi connectivity index (χ3n) is 3.94. The number of rotatable bonds is 6. The quantitative estimate of drug-likeness (QED) is 0.642. The van der Waals surface area contributed by atoms with Crippen LogP contribution in [0.3, 0.4) is 0 Å². The second-order valence-corrected chi connectivity index (χ2v) is 4.90.